The minimum absolute atomic E-state index is 0.249. The van der Waals surface area contributed by atoms with Gasteiger partial charge >= 0.3 is 0 Å². The Morgan fingerprint density at radius 2 is 1.63 bits per heavy atom. The van der Waals surface area contributed by atoms with E-state index in [2.05, 4.69) is 15.8 Å². The summed E-state index contributed by atoms with van der Waals surface area (Å²) in [6.45, 7) is 4.00. The highest BCUT2D eigenvalue weighted by Gasteiger charge is 2.22. The molecule has 5 heteroatoms. The van der Waals surface area contributed by atoms with Crippen LogP contribution in [0.2, 0.25) is 0 Å². The summed E-state index contributed by atoms with van der Waals surface area (Å²) in [4.78, 5) is 24.7. The maximum atomic E-state index is 12.4. The number of nitrogens with zero attached hydrogens (tertiary/aromatic N) is 1. The molecule has 0 heterocycles. The second kappa shape index (κ2) is 10.7. The van der Waals surface area contributed by atoms with Crippen LogP contribution in [0.3, 0.4) is 0 Å². The smallest absolute Gasteiger partial charge is 0.262 e. The SMILES string of the molecule is CC(C)CC(NC(=O)c1ccccc1)C(=O)NN=CC=Cc1ccccc1. The number of carbonyl (C=O) groups excluding carboxylic acids is 2. The number of nitrogens with one attached hydrogen (secondary N) is 2. The van der Waals surface area contributed by atoms with Crippen molar-refractivity contribution in [3.8, 4) is 0 Å². The number of hydrogen-bond acceptors (Lipinski definition) is 3. The van der Waals surface area contributed by atoms with Gasteiger partial charge in [0, 0.05) is 11.8 Å². The van der Waals surface area contributed by atoms with Gasteiger partial charge in [0.05, 0.1) is 0 Å². The molecule has 27 heavy (non-hydrogen) atoms. The number of carbonyl (C=O) groups is 2. The van der Waals surface area contributed by atoms with Crippen molar-refractivity contribution in [2.24, 2.45) is 11.0 Å². The van der Waals surface area contributed by atoms with Gasteiger partial charge in [0.2, 0.25) is 0 Å². The zero-order valence-corrected chi connectivity index (χ0v) is 15.6. The first-order valence-corrected chi connectivity index (χ1v) is 8.97. The number of rotatable bonds is 8. The zero-order valence-electron chi connectivity index (χ0n) is 15.6. The molecule has 1 unspecified atom stereocenters. The van der Waals surface area contributed by atoms with Crippen LogP contribution in [-0.2, 0) is 4.79 Å². The topological polar surface area (TPSA) is 70.6 Å². The van der Waals surface area contributed by atoms with E-state index in [1.54, 1.807) is 30.3 Å². The van der Waals surface area contributed by atoms with Crippen molar-refractivity contribution in [3.63, 3.8) is 0 Å². The van der Waals surface area contributed by atoms with Crippen LogP contribution in [-0.4, -0.2) is 24.1 Å². The standard InChI is InChI=1S/C22H25N3O2/c1-17(2)16-20(24-21(26)19-13-7-4-8-14-19)22(27)25-23-15-9-12-18-10-5-3-6-11-18/h3-15,17,20H,16H2,1-2H3,(H,24,26)(H,25,27). The molecule has 1 atom stereocenters. The van der Waals surface area contributed by atoms with Gasteiger partial charge < -0.3 is 5.32 Å². The molecule has 0 fully saturated rings. The van der Waals surface area contributed by atoms with Gasteiger partial charge in [-0.1, -0.05) is 68.5 Å². The summed E-state index contributed by atoms with van der Waals surface area (Å²) in [7, 11) is 0. The van der Waals surface area contributed by atoms with Gasteiger partial charge in [-0.05, 0) is 36.1 Å². The van der Waals surface area contributed by atoms with Crippen LogP contribution in [0.25, 0.3) is 6.08 Å². The highest BCUT2D eigenvalue weighted by Crippen LogP contribution is 2.07. The predicted molar refractivity (Wildman–Crippen MR) is 109 cm³/mol. The molecule has 2 aromatic rings. The van der Waals surface area contributed by atoms with E-state index in [1.807, 2.05) is 56.3 Å². The van der Waals surface area contributed by atoms with Crippen LogP contribution in [0, 0.1) is 5.92 Å². The second-order valence-corrected chi connectivity index (χ2v) is 6.55. The predicted octanol–water partition coefficient (Wildman–Crippen LogP) is 3.65. The number of amides is 2. The number of benzene rings is 2. The summed E-state index contributed by atoms with van der Waals surface area (Å²) in [6.07, 6.45) is 5.67. The van der Waals surface area contributed by atoms with E-state index in [0.29, 0.717) is 12.0 Å². The van der Waals surface area contributed by atoms with Crippen molar-refractivity contribution in [3.05, 3.63) is 77.9 Å². The molecule has 0 aromatic heterocycles. The molecule has 0 saturated heterocycles. The third-order valence-electron chi connectivity index (χ3n) is 3.79. The molecule has 0 radical (unpaired) electrons. The molecule has 2 aromatic carbocycles. The molecule has 0 saturated carbocycles. The largest absolute Gasteiger partial charge is 0.340 e. The van der Waals surface area contributed by atoms with Crippen LogP contribution in [0.1, 0.15) is 36.2 Å². The number of hydrazone groups is 1. The van der Waals surface area contributed by atoms with E-state index in [4.69, 9.17) is 0 Å². The van der Waals surface area contributed by atoms with Crippen molar-refractivity contribution in [2.75, 3.05) is 0 Å². The minimum atomic E-state index is -0.645. The van der Waals surface area contributed by atoms with Crippen LogP contribution in [0.4, 0.5) is 0 Å². The first kappa shape index (κ1) is 20.1. The Morgan fingerprint density at radius 3 is 2.26 bits per heavy atom. The van der Waals surface area contributed by atoms with Crippen LogP contribution in [0.15, 0.2) is 71.8 Å². The van der Waals surface area contributed by atoms with Crippen LogP contribution >= 0.6 is 0 Å². The highest BCUT2D eigenvalue weighted by molar-refractivity contribution is 5.97. The summed E-state index contributed by atoms with van der Waals surface area (Å²) in [5.74, 6) is -0.361. The molecule has 0 spiro atoms. The van der Waals surface area contributed by atoms with Gasteiger partial charge in [0.25, 0.3) is 11.8 Å². The Morgan fingerprint density at radius 1 is 1.00 bits per heavy atom. The van der Waals surface area contributed by atoms with E-state index in [9.17, 15) is 9.59 Å². The van der Waals surface area contributed by atoms with E-state index < -0.39 is 6.04 Å². The van der Waals surface area contributed by atoms with Gasteiger partial charge in [-0.3, -0.25) is 9.59 Å². The zero-order chi connectivity index (χ0) is 19.5. The third-order valence-corrected chi connectivity index (χ3v) is 3.79. The van der Waals surface area contributed by atoms with Crippen molar-refractivity contribution in [1.29, 1.82) is 0 Å². The lowest BCUT2D eigenvalue weighted by Gasteiger charge is -2.18. The van der Waals surface area contributed by atoms with Crippen molar-refractivity contribution < 1.29 is 9.59 Å². The fraction of sp³-hybridized carbons (Fsp3) is 0.227. The quantitative estimate of drug-likeness (QED) is 0.555. The number of hydrogen-bond donors (Lipinski definition) is 2. The molecular weight excluding hydrogens is 338 g/mol. The average molecular weight is 363 g/mol. The van der Waals surface area contributed by atoms with E-state index in [0.717, 1.165) is 5.56 Å². The second-order valence-electron chi connectivity index (χ2n) is 6.55. The molecule has 140 valence electrons. The van der Waals surface area contributed by atoms with Crippen LogP contribution < -0.4 is 10.7 Å². The lowest BCUT2D eigenvalue weighted by atomic mass is 10.0. The van der Waals surface area contributed by atoms with Crippen LogP contribution in [0.5, 0.6) is 0 Å². The van der Waals surface area contributed by atoms with E-state index >= 15 is 0 Å². The van der Waals surface area contributed by atoms with Gasteiger partial charge in [0.1, 0.15) is 6.04 Å². The summed E-state index contributed by atoms with van der Waals surface area (Å²) in [6, 6.07) is 18.0. The van der Waals surface area contributed by atoms with Crippen molar-refractivity contribution >= 4 is 24.1 Å². The van der Waals surface area contributed by atoms with Gasteiger partial charge in [-0.25, -0.2) is 5.43 Å². The van der Waals surface area contributed by atoms with Gasteiger partial charge in [-0.2, -0.15) is 5.10 Å². The molecule has 0 aliphatic heterocycles. The molecule has 0 aliphatic rings. The average Bonchev–Trinajstić information content (AvgIpc) is 2.68. The van der Waals surface area contributed by atoms with Gasteiger partial charge in [-0.15, -0.1) is 0 Å². The van der Waals surface area contributed by atoms with E-state index in [1.165, 1.54) is 6.21 Å². The Labute approximate surface area is 160 Å². The fourth-order valence-corrected chi connectivity index (χ4v) is 2.47. The van der Waals surface area contributed by atoms with Crippen molar-refractivity contribution in [2.45, 2.75) is 26.3 Å². The Hall–Kier alpha value is -3.21. The Balaban J connectivity index is 1.92. The summed E-state index contributed by atoms with van der Waals surface area (Å²) >= 11 is 0. The van der Waals surface area contributed by atoms with E-state index in [-0.39, 0.29) is 17.7 Å². The minimum Gasteiger partial charge on any atom is -0.340 e. The summed E-state index contributed by atoms with van der Waals surface area (Å²) in [5.41, 5.74) is 4.06. The maximum absolute atomic E-state index is 12.4. The van der Waals surface area contributed by atoms with Gasteiger partial charge in [0.15, 0.2) is 0 Å². The lowest BCUT2D eigenvalue weighted by Crippen LogP contribution is -2.46. The number of allylic oxidation sites excluding steroid dienone is 1. The molecule has 5 nitrogen and oxygen atoms in total. The fourth-order valence-electron chi connectivity index (χ4n) is 2.47. The first-order valence-electron chi connectivity index (χ1n) is 8.97. The highest BCUT2D eigenvalue weighted by atomic mass is 16.2. The lowest BCUT2D eigenvalue weighted by molar-refractivity contribution is -0.123. The molecule has 2 rings (SSSR count). The molecular formula is C22H25N3O2. The monoisotopic (exact) mass is 363 g/mol. The summed E-state index contributed by atoms with van der Waals surface area (Å²) < 4.78 is 0. The molecule has 2 amide bonds. The molecule has 0 bridgehead atoms. The van der Waals surface area contributed by atoms with Crippen molar-refractivity contribution in [1.82, 2.24) is 10.7 Å². The Kier molecular flexibility index (Phi) is 7.97. The maximum Gasteiger partial charge on any atom is 0.262 e. The molecule has 0 aliphatic carbocycles. The normalized spacial score (nSPS) is 12.4. The molecule has 2 N–H and O–H groups in total. The Bertz CT molecular complexity index is 784. The summed E-state index contributed by atoms with van der Waals surface area (Å²) in [5, 5.41) is 6.72. The first-order chi connectivity index (χ1) is 13.1. The third kappa shape index (κ3) is 7.28.